The van der Waals surface area contributed by atoms with Gasteiger partial charge in [0.2, 0.25) is 0 Å². The first-order valence-electron chi connectivity index (χ1n) is 5.78. The van der Waals surface area contributed by atoms with Crippen molar-refractivity contribution in [3.05, 3.63) is 58.6 Å². The smallest absolute Gasteiger partial charge is 0.294 e. The van der Waals surface area contributed by atoms with Crippen molar-refractivity contribution in [3.63, 3.8) is 0 Å². The zero-order chi connectivity index (χ0) is 14.9. The van der Waals surface area contributed by atoms with Gasteiger partial charge in [0.15, 0.2) is 5.78 Å². The fourth-order valence-electron chi connectivity index (χ4n) is 1.98. The minimum Gasteiger partial charge on any atom is -0.294 e. The van der Waals surface area contributed by atoms with Crippen molar-refractivity contribution in [2.24, 2.45) is 0 Å². The Labute approximate surface area is 119 Å². The van der Waals surface area contributed by atoms with E-state index in [4.69, 9.17) is 11.6 Å². The lowest BCUT2D eigenvalue weighted by Gasteiger charge is -2.14. The van der Waals surface area contributed by atoms with Crippen molar-refractivity contribution in [2.75, 3.05) is 0 Å². The van der Waals surface area contributed by atoms with Gasteiger partial charge >= 0.3 is 6.18 Å². The lowest BCUT2D eigenvalue weighted by atomic mass is 9.97. The van der Waals surface area contributed by atoms with Gasteiger partial charge in [0.1, 0.15) is 0 Å². The standard InChI is InChI=1S/C15H10ClF3O/c1-9(20)10-6-4-7-12(14(10)16)11-5-2-3-8-13(11)15(17,18)19/h2-8H,1H3. The molecule has 0 aromatic heterocycles. The molecule has 2 aromatic rings. The van der Waals surface area contributed by atoms with E-state index in [1.54, 1.807) is 0 Å². The monoisotopic (exact) mass is 298 g/mol. The number of halogens is 4. The first kappa shape index (κ1) is 14.6. The largest absolute Gasteiger partial charge is 0.417 e. The Bertz CT molecular complexity index is 662. The van der Waals surface area contributed by atoms with E-state index in [0.717, 1.165) is 6.07 Å². The van der Waals surface area contributed by atoms with Gasteiger partial charge in [-0.25, -0.2) is 0 Å². The van der Waals surface area contributed by atoms with E-state index in [-0.39, 0.29) is 27.5 Å². The number of alkyl halides is 3. The lowest BCUT2D eigenvalue weighted by Crippen LogP contribution is -2.07. The Balaban J connectivity index is 2.70. The Morgan fingerprint density at radius 1 is 1.00 bits per heavy atom. The normalized spacial score (nSPS) is 11.4. The molecule has 20 heavy (non-hydrogen) atoms. The second-order valence-electron chi connectivity index (χ2n) is 4.27. The number of carbonyl (C=O) groups excluding carboxylic acids is 1. The summed E-state index contributed by atoms with van der Waals surface area (Å²) in [6.45, 7) is 1.32. The van der Waals surface area contributed by atoms with Crippen molar-refractivity contribution < 1.29 is 18.0 Å². The van der Waals surface area contributed by atoms with Gasteiger partial charge < -0.3 is 0 Å². The van der Waals surface area contributed by atoms with Crippen LogP contribution >= 0.6 is 11.6 Å². The molecule has 0 spiro atoms. The summed E-state index contributed by atoms with van der Waals surface area (Å²) < 4.78 is 39.0. The molecule has 1 nitrogen and oxygen atoms in total. The van der Waals surface area contributed by atoms with Gasteiger partial charge in [0, 0.05) is 11.1 Å². The molecule has 0 atom stereocenters. The quantitative estimate of drug-likeness (QED) is 0.694. The third-order valence-corrected chi connectivity index (χ3v) is 3.31. The molecule has 0 aliphatic heterocycles. The average molecular weight is 299 g/mol. The summed E-state index contributed by atoms with van der Waals surface area (Å²) in [5, 5.41) is 0.0386. The predicted octanol–water partition coefficient (Wildman–Crippen LogP) is 5.23. The highest BCUT2D eigenvalue weighted by atomic mass is 35.5. The van der Waals surface area contributed by atoms with E-state index in [1.807, 2.05) is 0 Å². The highest BCUT2D eigenvalue weighted by Gasteiger charge is 2.33. The van der Waals surface area contributed by atoms with Crippen LogP contribution < -0.4 is 0 Å². The van der Waals surface area contributed by atoms with Gasteiger partial charge in [-0.05, 0) is 24.6 Å². The van der Waals surface area contributed by atoms with Crippen LogP contribution in [0, 0.1) is 0 Å². The Morgan fingerprint density at radius 2 is 1.60 bits per heavy atom. The topological polar surface area (TPSA) is 17.1 Å². The molecule has 0 aliphatic rings. The molecular formula is C15H10ClF3O. The maximum atomic E-state index is 13.0. The summed E-state index contributed by atoms with van der Waals surface area (Å²) in [6.07, 6.45) is -4.48. The van der Waals surface area contributed by atoms with Crippen LogP contribution in [0.2, 0.25) is 5.02 Å². The van der Waals surface area contributed by atoms with E-state index >= 15 is 0 Å². The van der Waals surface area contributed by atoms with Gasteiger partial charge in [-0.3, -0.25) is 4.79 Å². The number of benzene rings is 2. The SMILES string of the molecule is CC(=O)c1cccc(-c2ccccc2C(F)(F)F)c1Cl. The van der Waals surface area contributed by atoms with Crippen molar-refractivity contribution in [3.8, 4) is 11.1 Å². The minimum atomic E-state index is -4.48. The first-order chi connectivity index (χ1) is 9.32. The number of ketones is 1. The summed E-state index contributed by atoms with van der Waals surface area (Å²) in [5.74, 6) is -0.290. The maximum absolute atomic E-state index is 13.0. The third kappa shape index (κ3) is 2.70. The third-order valence-electron chi connectivity index (χ3n) is 2.90. The molecule has 0 radical (unpaired) electrons. The van der Waals surface area contributed by atoms with Crippen LogP contribution in [0.3, 0.4) is 0 Å². The molecule has 0 saturated carbocycles. The molecule has 2 rings (SSSR count). The molecule has 0 fully saturated rings. The van der Waals surface area contributed by atoms with Crippen molar-refractivity contribution >= 4 is 17.4 Å². The number of hydrogen-bond donors (Lipinski definition) is 0. The molecule has 104 valence electrons. The minimum absolute atomic E-state index is 0.0342. The van der Waals surface area contributed by atoms with Gasteiger partial charge in [-0.1, -0.05) is 41.9 Å². The van der Waals surface area contributed by atoms with E-state index in [0.29, 0.717) is 0 Å². The second kappa shape index (κ2) is 5.29. The molecule has 0 bridgehead atoms. The van der Waals surface area contributed by atoms with Gasteiger partial charge in [-0.2, -0.15) is 13.2 Å². The van der Waals surface area contributed by atoms with Crippen LogP contribution in [0.4, 0.5) is 13.2 Å². The zero-order valence-electron chi connectivity index (χ0n) is 10.5. The number of carbonyl (C=O) groups is 1. The molecule has 0 N–H and O–H groups in total. The van der Waals surface area contributed by atoms with Crippen LogP contribution in [0.1, 0.15) is 22.8 Å². The lowest BCUT2D eigenvalue weighted by molar-refractivity contribution is -0.137. The fourth-order valence-corrected chi connectivity index (χ4v) is 2.34. The fraction of sp³-hybridized carbons (Fsp3) is 0.133. The van der Waals surface area contributed by atoms with Gasteiger partial charge in [0.25, 0.3) is 0 Å². The van der Waals surface area contributed by atoms with Crippen LogP contribution in [-0.2, 0) is 6.18 Å². The molecule has 0 saturated heterocycles. The van der Waals surface area contributed by atoms with Crippen molar-refractivity contribution in [1.29, 1.82) is 0 Å². The summed E-state index contributed by atoms with van der Waals surface area (Å²) in [7, 11) is 0. The van der Waals surface area contributed by atoms with Crippen molar-refractivity contribution in [2.45, 2.75) is 13.1 Å². The van der Waals surface area contributed by atoms with Crippen LogP contribution in [0.15, 0.2) is 42.5 Å². The highest BCUT2D eigenvalue weighted by Crippen LogP contribution is 2.40. The molecule has 2 aromatic carbocycles. The zero-order valence-corrected chi connectivity index (χ0v) is 11.2. The predicted molar refractivity (Wildman–Crippen MR) is 71.9 cm³/mol. The highest BCUT2D eigenvalue weighted by molar-refractivity contribution is 6.36. The van der Waals surface area contributed by atoms with Crippen LogP contribution in [0.25, 0.3) is 11.1 Å². The summed E-state index contributed by atoms with van der Waals surface area (Å²) in [5.41, 5.74) is -0.399. The summed E-state index contributed by atoms with van der Waals surface area (Å²) in [4.78, 5) is 11.4. The Kier molecular flexibility index (Phi) is 3.86. The van der Waals surface area contributed by atoms with E-state index in [9.17, 15) is 18.0 Å². The summed E-state index contributed by atoms with van der Waals surface area (Å²) in [6, 6.07) is 9.63. The second-order valence-corrected chi connectivity index (χ2v) is 4.64. The van der Waals surface area contributed by atoms with E-state index in [2.05, 4.69) is 0 Å². The van der Waals surface area contributed by atoms with E-state index in [1.165, 1.54) is 43.3 Å². The van der Waals surface area contributed by atoms with Gasteiger partial charge in [0.05, 0.1) is 10.6 Å². The number of hydrogen-bond acceptors (Lipinski definition) is 1. The van der Waals surface area contributed by atoms with Crippen LogP contribution in [-0.4, -0.2) is 5.78 Å². The molecule has 0 aliphatic carbocycles. The number of Topliss-reactive ketones (excluding diaryl/α,β-unsaturated/α-hetero) is 1. The summed E-state index contributed by atoms with van der Waals surface area (Å²) >= 11 is 6.07. The number of rotatable bonds is 2. The first-order valence-corrected chi connectivity index (χ1v) is 6.16. The Morgan fingerprint density at radius 3 is 2.20 bits per heavy atom. The molecule has 0 unspecified atom stereocenters. The average Bonchev–Trinajstić information content (AvgIpc) is 2.37. The van der Waals surface area contributed by atoms with E-state index < -0.39 is 11.7 Å². The van der Waals surface area contributed by atoms with Gasteiger partial charge in [-0.15, -0.1) is 0 Å². The molecule has 0 heterocycles. The molecular weight excluding hydrogens is 289 g/mol. The Hall–Kier alpha value is -1.81. The molecule has 5 heteroatoms. The molecule has 0 amide bonds. The van der Waals surface area contributed by atoms with Crippen molar-refractivity contribution in [1.82, 2.24) is 0 Å². The van der Waals surface area contributed by atoms with Crippen LogP contribution in [0.5, 0.6) is 0 Å². The maximum Gasteiger partial charge on any atom is 0.417 e.